The highest BCUT2D eigenvalue weighted by atomic mass is 16.5. The van der Waals surface area contributed by atoms with E-state index in [-0.39, 0.29) is 5.54 Å². The lowest BCUT2D eigenvalue weighted by Crippen LogP contribution is -2.57. The molecule has 0 bridgehead atoms. The molecule has 0 amide bonds. The van der Waals surface area contributed by atoms with Crippen molar-refractivity contribution in [2.24, 2.45) is 11.7 Å². The number of methoxy groups -OCH3 is 1. The first-order chi connectivity index (χ1) is 9.23. The van der Waals surface area contributed by atoms with E-state index in [4.69, 9.17) is 10.5 Å². The minimum Gasteiger partial charge on any atom is -0.383 e. The largest absolute Gasteiger partial charge is 0.383 e. The van der Waals surface area contributed by atoms with E-state index in [2.05, 4.69) is 29.1 Å². The molecule has 0 saturated heterocycles. The maximum absolute atomic E-state index is 6.07. The molecule has 0 aliphatic heterocycles. The molecule has 1 saturated carbocycles. The Balaban J connectivity index is 1.97. The molecule has 1 aliphatic rings. The first kappa shape index (κ1) is 14.4. The molecular weight excluding hydrogens is 238 g/mol. The Kier molecular flexibility index (Phi) is 4.91. The van der Waals surface area contributed by atoms with Gasteiger partial charge in [0.15, 0.2) is 0 Å². The van der Waals surface area contributed by atoms with E-state index in [1.54, 1.807) is 7.11 Å². The molecule has 1 unspecified atom stereocenters. The van der Waals surface area contributed by atoms with Crippen LogP contribution in [0.25, 0.3) is 0 Å². The van der Waals surface area contributed by atoms with Crippen LogP contribution in [0, 0.1) is 5.92 Å². The van der Waals surface area contributed by atoms with Gasteiger partial charge in [-0.05, 0) is 49.9 Å². The molecular formula is C15H25N3O. The minimum absolute atomic E-state index is 0.0157. The van der Waals surface area contributed by atoms with Crippen molar-refractivity contribution in [3.8, 4) is 0 Å². The van der Waals surface area contributed by atoms with Crippen molar-refractivity contribution in [2.75, 3.05) is 33.9 Å². The number of nitrogens with two attached hydrogens (primary N) is 1. The number of pyridine rings is 1. The Morgan fingerprint density at radius 1 is 1.42 bits per heavy atom. The molecule has 1 heterocycles. The summed E-state index contributed by atoms with van der Waals surface area (Å²) < 4.78 is 5.44. The Morgan fingerprint density at radius 2 is 2.11 bits per heavy atom. The second-order valence-electron chi connectivity index (χ2n) is 5.54. The standard InChI is InChI=1S/C15H25N3O/c1-18(10-7-13-5-8-17-9-6-13)15(11-16,12-19-2)14-3-4-14/h5-6,8-9,14H,3-4,7,10-12,16H2,1-2H3. The molecule has 2 rings (SSSR count). The van der Waals surface area contributed by atoms with Gasteiger partial charge >= 0.3 is 0 Å². The Hall–Kier alpha value is -0.970. The highest BCUT2D eigenvalue weighted by molar-refractivity contribution is 5.11. The predicted molar refractivity (Wildman–Crippen MR) is 77.0 cm³/mol. The van der Waals surface area contributed by atoms with Crippen LogP contribution in [0.5, 0.6) is 0 Å². The normalized spacial score (nSPS) is 18.5. The van der Waals surface area contributed by atoms with Crippen molar-refractivity contribution in [1.29, 1.82) is 0 Å². The van der Waals surface area contributed by atoms with Crippen molar-refractivity contribution < 1.29 is 4.74 Å². The lowest BCUT2D eigenvalue weighted by Gasteiger charge is -2.41. The van der Waals surface area contributed by atoms with Gasteiger partial charge in [-0.15, -0.1) is 0 Å². The lowest BCUT2D eigenvalue weighted by atomic mass is 9.91. The fourth-order valence-electron chi connectivity index (χ4n) is 2.86. The van der Waals surface area contributed by atoms with Crippen molar-refractivity contribution in [3.05, 3.63) is 30.1 Å². The van der Waals surface area contributed by atoms with E-state index < -0.39 is 0 Å². The van der Waals surface area contributed by atoms with Crippen LogP contribution in [0.2, 0.25) is 0 Å². The molecule has 19 heavy (non-hydrogen) atoms. The average Bonchev–Trinajstić information content (AvgIpc) is 3.28. The zero-order valence-corrected chi connectivity index (χ0v) is 12.0. The summed E-state index contributed by atoms with van der Waals surface area (Å²) in [5, 5.41) is 0. The second-order valence-corrected chi connectivity index (χ2v) is 5.54. The second kappa shape index (κ2) is 6.46. The van der Waals surface area contributed by atoms with Crippen LogP contribution in [-0.4, -0.2) is 49.3 Å². The quantitative estimate of drug-likeness (QED) is 0.768. The molecule has 1 fully saturated rings. The molecule has 1 atom stereocenters. The topological polar surface area (TPSA) is 51.4 Å². The van der Waals surface area contributed by atoms with Gasteiger partial charge in [-0.2, -0.15) is 0 Å². The van der Waals surface area contributed by atoms with Gasteiger partial charge < -0.3 is 10.5 Å². The molecule has 1 aromatic heterocycles. The lowest BCUT2D eigenvalue weighted by molar-refractivity contribution is 0.0157. The molecule has 0 aromatic carbocycles. The monoisotopic (exact) mass is 263 g/mol. The highest BCUT2D eigenvalue weighted by Gasteiger charge is 2.46. The van der Waals surface area contributed by atoms with Crippen LogP contribution in [-0.2, 0) is 11.2 Å². The van der Waals surface area contributed by atoms with Gasteiger partial charge in [0.25, 0.3) is 0 Å². The molecule has 0 spiro atoms. The van der Waals surface area contributed by atoms with E-state index in [9.17, 15) is 0 Å². The zero-order valence-electron chi connectivity index (χ0n) is 12.0. The molecule has 4 heteroatoms. The first-order valence-electron chi connectivity index (χ1n) is 7.02. The molecule has 4 nitrogen and oxygen atoms in total. The number of nitrogens with zero attached hydrogens (tertiary/aromatic N) is 2. The van der Waals surface area contributed by atoms with Crippen molar-refractivity contribution in [2.45, 2.75) is 24.8 Å². The Bertz CT molecular complexity index is 380. The number of hydrogen-bond acceptors (Lipinski definition) is 4. The number of ether oxygens (including phenoxy) is 1. The van der Waals surface area contributed by atoms with Gasteiger partial charge in [0, 0.05) is 32.6 Å². The van der Waals surface area contributed by atoms with Crippen LogP contribution in [0.1, 0.15) is 18.4 Å². The number of aromatic nitrogens is 1. The highest BCUT2D eigenvalue weighted by Crippen LogP contribution is 2.42. The van der Waals surface area contributed by atoms with Crippen molar-refractivity contribution >= 4 is 0 Å². The van der Waals surface area contributed by atoms with Gasteiger partial charge in [-0.1, -0.05) is 0 Å². The fraction of sp³-hybridized carbons (Fsp3) is 0.667. The summed E-state index contributed by atoms with van der Waals surface area (Å²) in [5.41, 5.74) is 7.41. The maximum Gasteiger partial charge on any atom is 0.0661 e. The number of rotatable bonds is 8. The van der Waals surface area contributed by atoms with Crippen LogP contribution in [0.4, 0.5) is 0 Å². The first-order valence-corrected chi connectivity index (χ1v) is 7.02. The molecule has 1 aliphatic carbocycles. The van der Waals surface area contributed by atoms with Gasteiger partial charge in [0.1, 0.15) is 0 Å². The third-order valence-electron chi connectivity index (χ3n) is 4.33. The minimum atomic E-state index is 0.0157. The van der Waals surface area contributed by atoms with E-state index in [0.717, 1.165) is 19.6 Å². The van der Waals surface area contributed by atoms with Crippen LogP contribution >= 0.6 is 0 Å². The van der Waals surface area contributed by atoms with Gasteiger partial charge in [-0.25, -0.2) is 0 Å². The predicted octanol–water partition coefficient (Wildman–Crippen LogP) is 1.31. The van der Waals surface area contributed by atoms with Crippen molar-refractivity contribution in [3.63, 3.8) is 0 Å². The van der Waals surface area contributed by atoms with Crippen molar-refractivity contribution in [1.82, 2.24) is 9.88 Å². The van der Waals surface area contributed by atoms with Gasteiger partial charge in [0.05, 0.1) is 12.1 Å². The van der Waals surface area contributed by atoms with Crippen LogP contribution in [0.3, 0.4) is 0 Å². The van der Waals surface area contributed by atoms with Gasteiger partial charge in [-0.3, -0.25) is 9.88 Å². The Labute approximate surface area is 116 Å². The maximum atomic E-state index is 6.07. The summed E-state index contributed by atoms with van der Waals surface area (Å²) in [7, 11) is 3.94. The molecule has 2 N–H and O–H groups in total. The summed E-state index contributed by atoms with van der Waals surface area (Å²) in [6.45, 7) is 2.39. The van der Waals surface area contributed by atoms with Crippen LogP contribution in [0.15, 0.2) is 24.5 Å². The van der Waals surface area contributed by atoms with E-state index in [1.165, 1.54) is 18.4 Å². The summed E-state index contributed by atoms with van der Waals surface area (Å²) in [5.74, 6) is 0.694. The summed E-state index contributed by atoms with van der Waals surface area (Å²) >= 11 is 0. The third-order valence-corrected chi connectivity index (χ3v) is 4.33. The molecule has 0 radical (unpaired) electrons. The van der Waals surface area contributed by atoms with E-state index in [0.29, 0.717) is 12.5 Å². The van der Waals surface area contributed by atoms with E-state index in [1.807, 2.05) is 12.4 Å². The third kappa shape index (κ3) is 3.32. The smallest absolute Gasteiger partial charge is 0.0661 e. The van der Waals surface area contributed by atoms with Crippen LogP contribution < -0.4 is 5.73 Å². The zero-order chi connectivity index (χ0) is 13.7. The summed E-state index contributed by atoms with van der Waals surface area (Å²) in [6.07, 6.45) is 7.28. The van der Waals surface area contributed by atoms with E-state index >= 15 is 0 Å². The Morgan fingerprint density at radius 3 is 2.63 bits per heavy atom. The number of likely N-dealkylation sites (N-methyl/N-ethyl adjacent to an activating group) is 1. The molecule has 106 valence electrons. The number of hydrogen-bond donors (Lipinski definition) is 1. The van der Waals surface area contributed by atoms with Gasteiger partial charge in [0.2, 0.25) is 0 Å². The average molecular weight is 263 g/mol. The molecule has 1 aromatic rings. The fourth-order valence-corrected chi connectivity index (χ4v) is 2.86. The summed E-state index contributed by atoms with van der Waals surface area (Å²) in [4.78, 5) is 6.45. The SMILES string of the molecule is COCC(CN)(C1CC1)N(C)CCc1ccncc1. The summed E-state index contributed by atoms with van der Waals surface area (Å²) in [6, 6.07) is 4.15.